The molecule has 0 N–H and O–H groups in total. The second kappa shape index (κ2) is 4.72. The van der Waals surface area contributed by atoms with Gasteiger partial charge in [-0.1, -0.05) is 93.2 Å². The Morgan fingerprint density at radius 2 is 1.41 bits per heavy atom. The Labute approximate surface area is 115 Å². The summed E-state index contributed by atoms with van der Waals surface area (Å²) in [6, 6.07) is 0. The molecule has 0 aromatic carbocycles. The number of hydrogen-bond acceptors (Lipinski definition) is 0. The lowest BCUT2D eigenvalue weighted by molar-refractivity contribution is 0.570. The molecular weight excluding hydrogens is 274 g/mol. The zero-order chi connectivity index (χ0) is 13.5. The van der Waals surface area contributed by atoms with E-state index in [9.17, 15) is 0 Å². The maximum Gasteiger partial charge on any atom is -0.0228 e. The Kier molecular flexibility index (Phi) is 4.08. The van der Waals surface area contributed by atoms with Crippen LogP contribution in [-0.2, 0) is 5.41 Å². The molecule has 0 bridgehead atoms. The van der Waals surface area contributed by atoms with Crippen molar-refractivity contribution in [3.05, 3.63) is 28.5 Å². The largest absolute Gasteiger partial charge is 0.486 e. The molecule has 0 saturated carbocycles. The lowest BCUT2D eigenvalue weighted by Crippen LogP contribution is -2.15. The van der Waals surface area contributed by atoms with Gasteiger partial charge in [-0.25, -0.2) is 0 Å². The molecule has 0 aliphatic carbocycles. The summed E-state index contributed by atoms with van der Waals surface area (Å²) in [7, 11) is 4.24. The Balaban J connectivity index is 3.64. The number of halogens is 1. The molecule has 0 spiro atoms. The summed E-state index contributed by atoms with van der Waals surface area (Å²) in [5, 5.41) is 0. The maximum atomic E-state index is 4.24. The van der Waals surface area contributed by atoms with Crippen LogP contribution in [0.25, 0.3) is 0 Å². The highest BCUT2D eigenvalue weighted by Crippen LogP contribution is 2.42. The molecule has 0 fully saturated rings. The van der Waals surface area contributed by atoms with Crippen LogP contribution >= 0.6 is 15.9 Å². The van der Waals surface area contributed by atoms with E-state index < -0.39 is 0 Å². The van der Waals surface area contributed by atoms with Crippen LogP contribution < -0.4 is 0 Å². The van der Waals surface area contributed by atoms with Gasteiger partial charge in [-0.3, -0.25) is 0 Å². The molecule has 2 heteroatoms. The molecule has 1 rings (SSSR count). The van der Waals surface area contributed by atoms with Gasteiger partial charge in [-0.15, -0.1) is 7.05 Å². The molecule has 0 amide bonds. The third kappa shape index (κ3) is 2.57. The van der Waals surface area contributed by atoms with E-state index in [4.69, 9.17) is 0 Å². The lowest BCUT2D eigenvalue weighted by Gasteiger charge is -2.28. The maximum absolute atomic E-state index is 4.24. The third-order valence-electron chi connectivity index (χ3n) is 3.13. The number of aromatic nitrogens is 1. The van der Waals surface area contributed by atoms with Crippen LogP contribution in [-0.4, -0.2) is 4.57 Å². The molecule has 1 nitrogen and oxygen atoms in total. The van der Waals surface area contributed by atoms with E-state index in [0.717, 1.165) is 0 Å². The summed E-state index contributed by atoms with van der Waals surface area (Å²) in [4.78, 5) is 0. The zero-order valence-corrected chi connectivity index (χ0v) is 13.8. The van der Waals surface area contributed by atoms with Crippen molar-refractivity contribution < 1.29 is 0 Å². The van der Waals surface area contributed by atoms with Crippen LogP contribution in [0, 0.1) is 7.05 Å². The summed E-state index contributed by atoms with van der Waals surface area (Å²) in [5.41, 5.74) is 4.21. The molecular formula is C15H25BrN-. The number of rotatable bonds is 2. The van der Waals surface area contributed by atoms with E-state index in [1.54, 1.807) is 0 Å². The van der Waals surface area contributed by atoms with Crippen LogP contribution in [0.4, 0.5) is 0 Å². The highest BCUT2D eigenvalue weighted by molar-refractivity contribution is 9.10. The molecule has 0 atom stereocenters. The Hall–Kier alpha value is -0.370. The van der Waals surface area contributed by atoms with Gasteiger partial charge >= 0.3 is 0 Å². The fourth-order valence-electron chi connectivity index (χ4n) is 2.50. The predicted octanol–water partition coefficient (Wildman–Crippen LogP) is 5.43. The molecule has 0 radical (unpaired) electrons. The average molecular weight is 299 g/mol. The van der Waals surface area contributed by atoms with Gasteiger partial charge in [0.2, 0.25) is 0 Å². The van der Waals surface area contributed by atoms with Crippen LogP contribution in [0.1, 0.15) is 77.3 Å². The Bertz CT molecular complexity index is 406. The molecule has 17 heavy (non-hydrogen) atoms. The van der Waals surface area contributed by atoms with E-state index in [1.807, 2.05) is 0 Å². The third-order valence-corrected chi connectivity index (χ3v) is 3.93. The van der Waals surface area contributed by atoms with Gasteiger partial charge in [-0.05, 0) is 9.89 Å². The van der Waals surface area contributed by atoms with Crippen LogP contribution in [0.2, 0.25) is 0 Å². The smallest absolute Gasteiger partial charge is 0.0228 e. The Morgan fingerprint density at radius 3 is 1.65 bits per heavy atom. The van der Waals surface area contributed by atoms with E-state index in [1.165, 1.54) is 21.4 Å². The van der Waals surface area contributed by atoms with Crippen molar-refractivity contribution in [2.75, 3.05) is 0 Å². The molecule has 1 heterocycles. The topological polar surface area (TPSA) is 4.93 Å². The van der Waals surface area contributed by atoms with E-state index in [-0.39, 0.29) is 5.41 Å². The van der Waals surface area contributed by atoms with Crippen molar-refractivity contribution in [1.82, 2.24) is 4.57 Å². The Morgan fingerprint density at radius 1 is 1.00 bits per heavy atom. The first kappa shape index (κ1) is 14.7. The first-order valence-corrected chi connectivity index (χ1v) is 7.13. The summed E-state index contributed by atoms with van der Waals surface area (Å²) in [6.07, 6.45) is 0. The van der Waals surface area contributed by atoms with Crippen molar-refractivity contribution in [3.8, 4) is 0 Å². The highest BCUT2D eigenvalue weighted by Gasteiger charge is 2.24. The average Bonchev–Trinajstić information content (AvgIpc) is 2.36. The standard InChI is InChI=1S/C15H25BrN/c1-9(2)13-11(15(5,6)7)12(16)14(10(3)4)17(13)8/h9-10H,8H2,1-7H3/q-1. The zero-order valence-electron chi connectivity index (χ0n) is 12.2. The number of nitrogens with zero attached hydrogens (tertiary/aromatic N) is 1. The quantitative estimate of drug-likeness (QED) is 0.641. The first-order chi connectivity index (χ1) is 7.59. The summed E-state index contributed by atoms with van der Waals surface area (Å²) >= 11 is 3.80. The molecule has 0 aliphatic rings. The highest BCUT2D eigenvalue weighted by atomic mass is 79.9. The minimum Gasteiger partial charge on any atom is -0.486 e. The van der Waals surface area contributed by atoms with Crippen molar-refractivity contribution in [1.29, 1.82) is 0 Å². The van der Waals surface area contributed by atoms with E-state index >= 15 is 0 Å². The van der Waals surface area contributed by atoms with Gasteiger partial charge in [0.05, 0.1) is 0 Å². The van der Waals surface area contributed by atoms with Gasteiger partial charge in [0.1, 0.15) is 0 Å². The minimum absolute atomic E-state index is 0.144. The summed E-state index contributed by atoms with van der Waals surface area (Å²) in [5.74, 6) is 0.973. The molecule has 0 saturated heterocycles. The lowest BCUT2D eigenvalue weighted by atomic mass is 9.84. The van der Waals surface area contributed by atoms with Gasteiger partial charge < -0.3 is 4.57 Å². The van der Waals surface area contributed by atoms with Crippen molar-refractivity contribution in [2.45, 2.75) is 65.7 Å². The fraction of sp³-hybridized carbons (Fsp3) is 0.667. The molecule has 1 aromatic heterocycles. The van der Waals surface area contributed by atoms with E-state index in [0.29, 0.717) is 11.8 Å². The van der Waals surface area contributed by atoms with Crippen molar-refractivity contribution in [2.24, 2.45) is 0 Å². The molecule has 1 aromatic rings. The molecule has 0 aliphatic heterocycles. The van der Waals surface area contributed by atoms with E-state index in [2.05, 4.69) is 76.0 Å². The first-order valence-electron chi connectivity index (χ1n) is 6.34. The van der Waals surface area contributed by atoms with Crippen LogP contribution in [0.5, 0.6) is 0 Å². The second-order valence-corrected chi connectivity index (χ2v) is 7.24. The summed E-state index contributed by atoms with van der Waals surface area (Å²) < 4.78 is 3.39. The summed E-state index contributed by atoms with van der Waals surface area (Å²) in [6.45, 7) is 15.7. The van der Waals surface area contributed by atoms with Gasteiger partial charge in [0.15, 0.2) is 0 Å². The minimum atomic E-state index is 0.144. The van der Waals surface area contributed by atoms with Crippen LogP contribution in [0.15, 0.2) is 4.47 Å². The van der Waals surface area contributed by atoms with Crippen molar-refractivity contribution in [3.63, 3.8) is 0 Å². The van der Waals surface area contributed by atoms with Gasteiger partial charge in [0, 0.05) is 0 Å². The van der Waals surface area contributed by atoms with Crippen molar-refractivity contribution >= 4 is 15.9 Å². The predicted molar refractivity (Wildman–Crippen MR) is 79.8 cm³/mol. The normalized spacial score (nSPS) is 12.8. The monoisotopic (exact) mass is 298 g/mol. The second-order valence-electron chi connectivity index (χ2n) is 6.45. The van der Waals surface area contributed by atoms with Gasteiger partial charge in [-0.2, -0.15) is 0 Å². The fourth-order valence-corrected chi connectivity index (χ4v) is 3.97. The van der Waals surface area contributed by atoms with Gasteiger partial charge in [0.25, 0.3) is 0 Å². The van der Waals surface area contributed by atoms with Crippen LogP contribution in [0.3, 0.4) is 0 Å². The SMILES string of the molecule is [CH2-]n1c(C(C)C)c(Br)c(C(C)(C)C)c1C(C)C. The molecule has 98 valence electrons. The number of hydrogen-bond donors (Lipinski definition) is 0. The molecule has 0 unspecified atom stereocenters.